The molecule has 1 heterocycles. The van der Waals surface area contributed by atoms with Crippen LogP contribution in [0.1, 0.15) is 30.0 Å². The minimum atomic E-state index is -0.486. The molecule has 142 valence electrons. The van der Waals surface area contributed by atoms with Crippen LogP contribution in [0.25, 0.3) is 0 Å². The van der Waals surface area contributed by atoms with Gasteiger partial charge < -0.3 is 9.64 Å². The molecule has 0 unspecified atom stereocenters. The maximum Gasteiger partial charge on any atom is 0.249 e. The highest BCUT2D eigenvalue weighted by Gasteiger charge is 2.42. The average Bonchev–Trinajstić information content (AvgIpc) is 2.68. The molecule has 6 heteroatoms. The van der Waals surface area contributed by atoms with E-state index in [1.807, 2.05) is 55.5 Å². The third-order valence-electron chi connectivity index (χ3n) is 4.91. The lowest BCUT2D eigenvalue weighted by atomic mass is 9.83. The predicted molar refractivity (Wildman–Crippen MR) is 102 cm³/mol. The number of benzene rings is 2. The van der Waals surface area contributed by atoms with E-state index in [4.69, 9.17) is 9.57 Å². The molecule has 0 bridgehead atoms. The van der Waals surface area contributed by atoms with Crippen molar-refractivity contribution >= 4 is 17.5 Å². The van der Waals surface area contributed by atoms with Crippen molar-refractivity contribution in [3.8, 4) is 5.75 Å². The number of hydroxylamine groups is 1. The van der Waals surface area contributed by atoms with Crippen molar-refractivity contribution in [1.82, 2.24) is 5.48 Å². The summed E-state index contributed by atoms with van der Waals surface area (Å²) >= 11 is 0. The summed E-state index contributed by atoms with van der Waals surface area (Å²) in [5.74, 6) is -0.0842. The van der Waals surface area contributed by atoms with Crippen molar-refractivity contribution in [2.24, 2.45) is 5.92 Å². The Morgan fingerprint density at radius 2 is 1.81 bits per heavy atom. The van der Waals surface area contributed by atoms with Gasteiger partial charge in [-0.1, -0.05) is 35.9 Å². The van der Waals surface area contributed by atoms with Gasteiger partial charge in [0.15, 0.2) is 0 Å². The fourth-order valence-electron chi connectivity index (χ4n) is 3.62. The Bertz CT molecular complexity index is 819. The number of piperidine rings is 1. The third-order valence-corrected chi connectivity index (χ3v) is 4.91. The Kier molecular flexibility index (Phi) is 5.76. The zero-order valence-electron chi connectivity index (χ0n) is 15.8. The average molecular weight is 368 g/mol. The molecular formula is C21H24N2O4. The highest BCUT2D eigenvalue weighted by molar-refractivity contribution is 5.97. The van der Waals surface area contributed by atoms with E-state index in [2.05, 4.69) is 5.48 Å². The van der Waals surface area contributed by atoms with Crippen LogP contribution in [0.2, 0.25) is 0 Å². The number of nitrogens with zero attached hydrogens (tertiary/aromatic N) is 1. The quantitative estimate of drug-likeness (QED) is 0.823. The maximum atomic E-state index is 12.9. The van der Waals surface area contributed by atoms with Crippen LogP contribution in [0, 0.1) is 12.8 Å². The minimum Gasteiger partial charge on any atom is -0.496 e. The lowest BCUT2D eigenvalue weighted by molar-refractivity contribution is -0.138. The molecule has 0 saturated carbocycles. The van der Waals surface area contributed by atoms with Crippen molar-refractivity contribution < 1.29 is 19.2 Å². The van der Waals surface area contributed by atoms with E-state index in [-0.39, 0.29) is 11.8 Å². The summed E-state index contributed by atoms with van der Waals surface area (Å²) in [5, 5.41) is 0. The van der Waals surface area contributed by atoms with Crippen LogP contribution in [0.15, 0.2) is 48.5 Å². The van der Waals surface area contributed by atoms with Crippen molar-refractivity contribution in [3.05, 3.63) is 59.7 Å². The second kappa shape index (κ2) is 8.22. The van der Waals surface area contributed by atoms with Gasteiger partial charge in [0, 0.05) is 17.7 Å². The van der Waals surface area contributed by atoms with Gasteiger partial charge in [-0.3, -0.25) is 14.4 Å². The first-order valence-electron chi connectivity index (χ1n) is 8.91. The van der Waals surface area contributed by atoms with Gasteiger partial charge in [-0.05, 0) is 31.5 Å². The molecule has 1 aliphatic heterocycles. The SMILES string of the molecule is CONC(=O)[C@@H]1CCC(=O)N(c2ccc(C)cc2)[C@@H]1c1ccccc1OC. The number of hydrogen-bond acceptors (Lipinski definition) is 4. The summed E-state index contributed by atoms with van der Waals surface area (Å²) in [6, 6.07) is 14.7. The Hall–Kier alpha value is -2.86. The van der Waals surface area contributed by atoms with Crippen molar-refractivity contribution in [2.75, 3.05) is 19.1 Å². The van der Waals surface area contributed by atoms with Crippen LogP contribution < -0.4 is 15.1 Å². The van der Waals surface area contributed by atoms with E-state index in [1.54, 1.807) is 12.0 Å². The zero-order valence-corrected chi connectivity index (χ0v) is 15.8. The fourth-order valence-corrected chi connectivity index (χ4v) is 3.62. The van der Waals surface area contributed by atoms with E-state index < -0.39 is 12.0 Å². The van der Waals surface area contributed by atoms with Gasteiger partial charge in [0.25, 0.3) is 0 Å². The normalized spacial score (nSPS) is 19.7. The number of aryl methyl sites for hydroxylation is 1. The highest BCUT2D eigenvalue weighted by Crippen LogP contribution is 2.43. The first-order chi connectivity index (χ1) is 13.1. The standard InChI is InChI=1S/C21H24N2O4/c1-14-8-10-15(11-9-14)23-19(24)13-12-17(21(25)22-27-3)20(23)16-6-4-5-7-18(16)26-2/h4-11,17,20H,12-13H2,1-3H3,(H,22,25)/t17-,20-/m1/s1. The first-order valence-corrected chi connectivity index (χ1v) is 8.91. The van der Waals surface area contributed by atoms with E-state index in [9.17, 15) is 9.59 Å². The number of nitrogens with one attached hydrogen (secondary N) is 1. The van der Waals surface area contributed by atoms with E-state index in [0.717, 1.165) is 16.8 Å². The topological polar surface area (TPSA) is 67.9 Å². The van der Waals surface area contributed by atoms with Crippen molar-refractivity contribution in [3.63, 3.8) is 0 Å². The summed E-state index contributed by atoms with van der Waals surface area (Å²) in [4.78, 5) is 32.2. The van der Waals surface area contributed by atoms with E-state index >= 15 is 0 Å². The molecule has 1 saturated heterocycles. The van der Waals surface area contributed by atoms with Crippen LogP contribution in [-0.4, -0.2) is 26.0 Å². The molecule has 2 aromatic carbocycles. The molecule has 2 aromatic rings. The molecule has 2 amide bonds. The Morgan fingerprint density at radius 1 is 1.11 bits per heavy atom. The molecule has 2 atom stereocenters. The van der Waals surface area contributed by atoms with Gasteiger partial charge in [0.2, 0.25) is 11.8 Å². The number of para-hydroxylation sites is 1. The molecule has 1 N–H and O–H groups in total. The minimum absolute atomic E-state index is 0.0174. The molecular weight excluding hydrogens is 344 g/mol. The fraction of sp³-hybridized carbons (Fsp3) is 0.333. The second-order valence-electron chi connectivity index (χ2n) is 6.60. The summed E-state index contributed by atoms with van der Waals surface area (Å²) in [6.45, 7) is 1.99. The Labute approximate surface area is 159 Å². The van der Waals surface area contributed by atoms with Gasteiger partial charge in [0.05, 0.1) is 26.2 Å². The third kappa shape index (κ3) is 3.80. The molecule has 1 fully saturated rings. The summed E-state index contributed by atoms with van der Waals surface area (Å²) in [7, 11) is 2.99. The van der Waals surface area contributed by atoms with Crippen LogP contribution in [0.4, 0.5) is 5.69 Å². The number of carbonyl (C=O) groups excluding carboxylic acids is 2. The zero-order chi connectivity index (χ0) is 19.4. The smallest absolute Gasteiger partial charge is 0.249 e. The largest absolute Gasteiger partial charge is 0.496 e. The molecule has 0 aliphatic carbocycles. The van der Waals surface area contributed by atoms with E-state index in [0.29, 0.717) is 18.6 Å². The van der Waals surface area contributed by atoms with Crippen LogP contribution in [0.5, 0.6) is 5.75 Å². The van der Waals surface area contributed by atoms with Gasteiger partial charge >= 0.3 is 0 Å². The van der Waals surface area contributed by atoms with Gasteiger partial charge in [-0.25, -0.2) is 5.48 Å². The molecule has 0 aromatic heterocycles. The molecule has 1 aliphatic rings. The predicted octanol–water partition coefficient (Wildman–Crippen LogP) is 3.17. The van der Waals surface area contributed by atoms with Gasteiger partial charge in [-0.2, -0.15) is 0 Å². The van der Waals surface area contributed by atoms with Gasteiger partial charge in [0.1, 0.15) is 5.75 Å². The monoisotopic (exact) mass is 368 g/mol. The van der Waals surface area contributed by atoms with Crippen LogP contribution >= 0.6 is 0 Å². The Balaban J connectivity index is 2.13. The molecule has 0 spiro atoms. The molecule has 0 radical (unpaired) electrons. The lowest BCUT2D eigenvalue weighted by Gasteiger charge is -2.41. The second-order valence-corrected chi connectivity index (χ2v) is 6.60. The first kappa shape index (κ1) is 18.9. The molecule has 27 heavy (non-hydrogen) atoms. The maximum absolute atomic E-state index is 12.9. The summed E-state index contributed by atoms with van der Waals surface area (Å²) in [5.41, 5.74) is 5.09. The summed E-state index contributed by atoms with van der Waals surface area (Å²) in [6.07, 6.45) is 0.737. The number of amides is 2. The van der Waals surface area contributed by atoms with Crippen LogP contribution in [0.3, 0.4) is 0 Å². The number of methoxy groups -OCH3 is 1. The highest BCUT2D eigenvalue weighted by atomic mass is 16.6. The van der Waals surface area contributed by atoms with Crippen LogP contribution in [-0.2, 0) is 14.4 Å². The molecule has 3 rings (SSSR count). The lowest BCUT2D eigenvalue weighted by Crippen LogP contribution is -2.48. The molecule has 6 nitrogen and oxygen atoms in total. The number of carbonyl (C=O) groups is 2. The van der Waals surface area contributed by atoms with Gasteiger partial charge in [-0.15, -0.1) is 0 Å². The number of hydrogen-bond donors (Lipinski definition) is 1. The van der Waals surface area contributed by atoms with Crippen molar-refractivity contribution in [1.29, 1.82) is 0 Å². The number of anilines is 1. The number of ether oxygens (including phenoxy) is 1. The number of rotatable bonds is 5. The summed E-state index contributed by atoms with van der Waals surface area (Å²) < 4.78 is 5.52. The van der Waals surface area contributed by atoms with Crippen molar-refractivity contribution in [2.45, 2.75) is 25.8 Å². The Morgan fingerprint density at radius 3 is 2.48 bits per heavy atom. The van der Waals surface area contributed by atoms with E-state index in [1.165, 1.54) is 7.11 Å².